The van der Waals surface area contributed by atoms with E-state index >= 15 is 0 Å². The molecule has 0 spiro atoms. The van der Waals surface area contributed by atoms with E-state index in [1.807, 2.05) is 13.0 Å². The van der Waals surface area contributed by atoms with E-state index < -0.39 is 12.0 Å². The quantitative estimate of drug-likeness (QED) is 0.552. The number of hydrogen-bond acceptors (Lipinski definition) is 4. The molecule has 2 rings (SSSR count). The summed E-state index contributed by atoms with van der Waals surface area (Å²) >= 11 is 0. The molecule has 1 aromatic carbocycles. The van der Waals surface area contributed by atoms with Crippen molar-refractivity contribution in [1.82, 2.24) is 0 Å². The van der Waals surface area contributed by atoms with Gasteiger partial charge in [0.25, 0.3) is 0 Å². The topological polar surface area (TPSA) is 55.4 Å². The number of ketones is 1. The Balaban J connectivity index is 2.38. The van der Waals surface area contributed by atoms with E-state index in [4.69, 9.17) is 0 Å². The summed E-state index contributed by atoms with van der Waals surface area (Å²) < 4.78 is 4.54. The minimum Gasteiger partial charge on any atom is -0.467 e. The highest BCUT2D eigenvalue weighted by Gasteiger charge is 2.36. The van der Waals surface area contributed by atoms with Gasteiger partial charge in [0.15, 0.2) is 11.8 Å². The van der Waals surface area contributed by atoms with Crippen LogP contribution in [0.3, 0.4) is 0 Å². The monoisotopic (exact) mass is 205 g/mol. The van der Waals surface area contributed by atoms with Crippen molar-refractivity contribution in [2.45, 2.75) is 13.0 Å². The van der Waals surface area contributed by atoms with Crippen LogP contribution in [-0.2, 0) is 9.53 Å². The largest absolute Gasteiger partial charge is 0.467 e. The number of methoxy groups -OCH3 is 1. The SMILES string of the molecule is COC(=O)C1Nc2ccc(C)cc2C1=O. The zero-order valence-corrected chi connectivity index (χ0v) is 8.53. The van der Waals surface area contributed by atoms with Gasteiger partial charge in [-0.15, -0.1) is 0 Å². The molecule has 1 atom stereocenters. The lowest BCUT2D eigenvalue weighted by Crippen LogP contribution is -2.33. The van der Waals surface area contributed by atoms with Crippen molar-refractivity contribution < 1.29 is 14.3 Å². The molecule has 4 nitrogen and oxygen atoms in total. The summed E-state index contributed by atoms with van der Waals surface area (Å²) in [6, 6.07) is 4.57. The lowest BCUT2D eigenvalue weighted by Gasteiger charge is -2.05. The van der Waals surface area contributed by atoms with Crippen molar-refractivity contribution in [1.29, 1.82) is 0 Å². The minimum atomic E-state index is -0.883. The lowest BCUT2D eigenvalue weighted by molar-refractivity contribution is -0.140. The number of rotatable bonds is 1. The van der Waals surface area contributed by atoms with Gasteiger partial charge in [-0.2, -0.15) is 0 Å². The number of aryl methyl sites for hydroxylation is 1. The Bertz CT molecular complexity index is 439. The zero-order valence-electron chi connectivity index (χ0n) is 8.53. The van der Waals surface area contributed by atoms with E-state index in [1.54, 1.807) is 12.1 Å². The van der Waals surface area contributed by atoms with E-state index in [0.717, 1.165) is 5.56 Å². The number of carbonyl (C=O) groups is 2. The van der Waals surface area contributed by atoms with Crippen molar-refractivity contribution in [3.8, 4) is 0 Å². The summed E-state index contributed by atoms with van der Waals surface area (Å²) in [6.07, 6.45) is 0. The van der Waals surface area contributed by atoms with Crippen LogP contribution in [0.4, 0.5) is 5.69 Å². The maximum Gasteiger partial charge on any atom is 0.336 e. The van der Waals surface area contributed by atoms with E-state index in [9.17, 15) is 9.59 Å². The van der Waals surface area contributed by atoms with Crippen LogP contribution >= 0.6 is 0 Å². The fraction of sp³-hybridized carbons (Fsp3) is 0.273. The summed E-state index contributed by atoms with van der Waals surface area (Å²) in [7, 11) is 1.27. The zero-order chi connectivity index (χ0) is 11.0. The van der Waals surface area contributed by atoms with Crippen molar-refractivity contribution in [3.63, 3.8) is 0 Å². The summed E-state index contributed by atoms with van der Waals surface area (Å²) in [5, 5.41) is 2.84. The number of esters is 1. The van der Waals surface area contributed by atoms with Crippen LogP contribution in [0.2, 0.25) is 0 Å². The van der Waals surface area contributed by atoms with Gasteiger partial charge in [0, 0.05) is 11.3 Å². The van der Waals surface area contributed by atoms with Gasteiger partial charge in [-0.25, -0.2) is 4.79 Å². The number of Topliss-reactive ketones (excluding diaryl/α,β-unsaturated/α-hetero) is 1. The van der Waals surface area contributed by atoms with Gasteiger partial charge < -0.3 is 10.1 Å². The fourth-order valence-corrected chi connectivity index (χ4v) is 1.65. The Morgan fingerprint density at radius 3 is 2.87 bits per heavy atom. The highest BCUT2D eigenvalue weighted by Crippen LogP contribution is 2.26. The van der Waals surface area contributed by atoms with Crippen molar-refractivity contribution in [3.05, 3.63) is 29.3 Å². The molecule has 1 aliphatic rings. The average molecular weight is 205 g/mol. The number of carbonyl (C=O) groups excluding carboxylic acids is 2. The van der Waals surface area contributed by atoms with Gasteiger partial charge in [0.1, 0.15) is 0 Å². The molecule has 0 radical (unpaired) electrons. The van der Waals surface area contributed by atoms with Crippen molar-refractivity contribution in [2.75, 3.05) is 12.4 Å². The van der Waals surface area contributed by atoms with Gasteiger partial charge in [0.05, 0.1) is 7.11 Å². The normalized spacial score (nSPS) is 18.3. The second kappa shape index (κ2) is 3.38. The van der Waals surface area contributed by atoms with Crippen molar-refractivity contribution in [2.24, 2.45) is 0 Å². The highest BCUT2D eigenvalue weighted by molar-refractivity contribution is 6.20. The lowest BCUT2D eigenvalue weighted by atomic mass is 10.1. The molecule has 0 saturated heterocycles. The number of anilines is 1. The number of fused-ring (bicyclic) bond motifs is 1. The molecule has 1 aromatic rings. The number of nitrogens with one attached hydrogen (secondary N) is 1. The average Bonchev–Trinajstić information content (AvgIpc) is 2.55. The first kappa shape index (κ1) is 9.71. The number of ether oxygens (including phenoxy) is 1. The molecule has 0 fully saturated rings. The maximum atomic E-state index is 11.8. The van der Waals surface area contributed by atoms with E-state index in [2.05, 4.69) is 10.1 Å². The molecule has 1 heterocycles. The molecule has 4 heteroatoms. The standard InChI is InChI=1S/C11H11NO3/c1-6-3-4-8-7(5-6)10(13)9(12-8)11(14)15-2/h3-5,9,12H,1-2H3. The Labute approximate surface area is 87.2 Å². The molecular formula is C11H11NO3. The fourth-order valence-electron chi connectivity index (χ4n) is 1.65. The first-order valence-electron chi connectivity index (χ1n) is 4.62. The molecule has 78 valence electrons. The van der Waals surface area contributed by atoms with Crippen LogP contribution in [0.5, 0.6) is 0 Å². The molecule has 0 bridgehead atoms. The Kier molecular flexibility index (Phi) is 2.19. The molecule has 1 unspecified atom stereocenters. The van der Waals surface area contributed by atoms with Crippen LogP contribution in [-0.4, -0.2) is 24.9 Å². The molecular weight excluding hydrogens is 194 g/mol. The van der Waals surface area contributed by atoms with Crippen molar-refractivity contribution >= 4 is 17.4 Å². The predicted octanol–water partition coefficient (Wildman–Crippen LogP) is 1.14. The van der Waals surface area contributed by atoms with Gasteiger partial charge in [-0.05, 0) is 19.1 Å². The summed E-state index contributed by atoms with van der Waals surface area (Å²) in [4.78, 5) is 23.1. The molecule has 0 saturated carbocycles. The maximum absolute atomic E-state index is 11.8. The van der Waals surface area contributed by atoms with Crippen LogP contribution in [0.1, 0.15) is 15.9 Å². The summed E-state index contributed by atoms with van der Waals surface area (Å²) in [5.41, 5.74) is 2.25. The summed E-state index contributed by atoms with van der Waals surface area (Å²) in [6.45, 7) is 1.90. The molecule has 15 heavy (non-hydrogen) atoms. The number of hydrogen-bond donors (Lipinski definition) is 1. The van der Waals surface area contributed by atoms with Crippen LogP contribution < -0.4 is 5.32 Å². The molecule has 0 aliphatic carbocycles. The van der Waals surface area contributed by atoms with Gasteiger partial charge in [-0.1, -0.05) is 11.6 Å². The number of benzene rings is 1. The highest BCUT2D eigenvalue weighted by atomic mass is 16.5. The Morgan fingerprint density at radius 1 is 1.47 bits per heavy atom. The smallest absolute Gasteiger partial charge is 0.336 e. The predicted molar refractivity (Wildman–Crippen MR) is 54.9 cm³/mol. The third-order valence-electron chi connectivity index (χ3n) is 2.44. The van der Waals surface area contributed by atoms with Gasteiger partial charge in [-0.3, -0.25) is 4.79 Å². The van der Waals surface area contributed by atoms with Crippen LogP contribution in [0, 0.1) is 6.92 Å². The molecule has 0 aromatic heterocycles. The third kappa shape index (κ3) is 1.48. The molecule has 0 amide bonds. The Morgan fingerprint density at radius 2 is 2.20 bits per heavy atom. The van der Waals surface area contributed by atoms with E-state index in [-0.39, 0.29) is 5.78 Å². The second-order valence-corrected chi connectivity index (χ2v) is 3.51. The van der Waals surface area contributed by atoms with Crippen LogP contribution in [0.25, 0.3) is 0 Å². The van der Waals surface area contributed by atoms with E-state index in [1.165, 1.54) is 7.11 Å². The first-order valence-corrected chi connectivity index (χ1v) is 4.62. The van der Waals surface area contributed by atoms with Gasteiger partial charge in [0.2, 0.25) is 0 Å². The summed E-state index contributed by atoms with van der Waals surface area (Å²) in [5.74, 6) is -0.769. The molecule has 1 aliphatic heterocycles. The Hall–Kier alpha value is -1.84. The minimum absolute atomic E-state index is 0.222. The third-order valence-corrected chi connectivity index (χ3v) is 2.44. The van der Waals surface area contributed by atoms with E-state index in [0.29, 0.717) is 11.3 Å². The first-order chi connectivity index (χ1) is 7.13. The second-order valence-electron chi connectivity index (χ2n) is 3.51. The van der Waals surface area contributed by atoms with Gasteiger partial charge >= 0.3 is 5.97 Å². The molecule has 1 N–H and O–H groups in total. The van der Waals surface area contributed by atoms with Crippen LogP contribution in [0.15, 0.2) is 18.2 Å².